The highest BCUT2D eigenvalue weighted by Crippen LogP contribution is 2.32. The number of fused-ring (bicyclic) bond motifs is 1. The van der Waals surface area contributed by atoms with Crippen LogP contribution in [0.25, 0.3) is 11.0 Å². The number of benzene rings is 2. The monoisotopic (exact) mass is 273 g/mol. The Balaban J connectivity index is 2.00. The van der Waals surface area contributed by atoms with Crippen LogP contribution in [0, 0.1) is 4.77 Å². The van der Waals surface area contributed by atoms with Gasteiger partial charge in [-0.15, -0.1) is 0 Å². The van der Waals surface area contributed by atoms with Crippen LogP contribution in [0.5, 0.6) is 0 Å². The molecule has 18 heavy (non-hydrogen) atoms. The predicted octanol–water partition coefficient (Wildman–Crippen LogP) is 3.96. The number of nitrogen functional groups attached to an aromatic ring is 1. The van der Waals surface area contributed by atoms with Gasteiger partial charge in [-0.2, -0.15) is 0 Å². The molecule has 0 saturated carbocycles. The van der Waals surface area contributed by atoms with Crippen molar-refractivity contribution in [2.45, 2.75) is 9.79 Å². The Labute approximate surface area is 113 Å². The molecule has 5 heteroatoms. The van der Waals surface area contributed by atoms with Crippen LogP contribution in [-0.4, -0.2) is 9.97 Å². The summed E-state index contributed by atoms with van der Waals surface area (Å²) in [5.74, 6) is 0. The molecule has 0 aliphatic carbocycles. The molecule has 0 atom stereocenters. The molecule has 4 N–H and O–H groups in total. The maximum absolute atomic E-state index is 5.93. The van der Waals surface area contributed by atoms with Crippen LogP contribution in [-0.2, 0) is 0 Å². The van der Waals surface area contributed by atoms with Gasteiger partial charge in [0.2, 0.25) is 0 Å². The largest absolute Gasteiger partial charge is 0.398 e. The molecule has 3 aromatic rings. The molecule has 0 aliphatic rings. The number of aromatic nitrogens is 2. The van der Waals surface area contributed by atoms with Crippen molar-refractivity contribution >= 4 is 40.7 Å². The maximum Gasteiger partial charge on any atom is 0.175 e. The third-order valence-electron chi connectivity index (χ3n) is 2.63. The highest BCUT2D eigenvalue weighted by atomic mass is 32.2. The van der Waals surface area contributed by atoms with Crippen molar-refractivity contribution in [3.05, 3.63) is 47.2 Å². The van der Waals surface area contributed by atoms with E-state index in [4.69, 9.17) is 18.0 Å². The molecule has 90 valence electrons. The average Bonchev–Trinajstić information content (AvgIpc) is 2.71. The lowest BCUT2D eigenvalue weighted by atomic mass is 10.3. The Morgan fingerprint density at radius 2 is 1.78 bits per heavy atom. The smallest absolute Gasteiger partial charge is 0.175 e. The van der Waals surface area contributed by atoms with Crippen molar-refractivity contribution in [3.8, 4) is 0 Å². The van der Waals surface area contributed by atoms with Gasteiger partial charge in [0.1, 0.15) is 0 Å². The van der Waals surface area contributed by atoms with Crippen LogP contribution in [0.4, 0.5) is 5.69 Å². The van der Waals surface area contributed by atoms with E-state index in [0.29, 0.717) is 4.77 Å². The number of nitrogens with one attached hydrogen (secondary N) is 2. The first kappa shape index (κ1) is 11.4. The Morgan fingerprint density at radius 1 is 1.00 bits per heavy atom. The van der Waals surface area contributed by atoms with Gasteiger partial charge in [0, 0.05) is 15.5 Å². The summed E-state index contributed by atoms with van der Waals surface area (Å²) in [4.78, 5) is 8.39. The highest BCUT2D eigenvalue weighted by Gasteiger charge is 2.03. The van der Waals surface area contributed by atoms with Crippen LogP contribution in [0.2, 0.25) is 0 Å². The topological polar surface area (TPSA) is 57.6 Å². The summed E-state index contributed by atoms with van der Waals surface area (Å²) >= 11 is 6.71. The molecule has 0 amide bonds. The van der Waals surface area contributed by atoms with Crippen molar-refractivity contribution in [2.24, 2.45) is 0 Å². The lowest BCUT2D eigenvalue weighted by Gasteiger charge is -2.04. The first-order valence-corrected chi connectivity index (χ1v) is 6.69. The summed E-state index contributed by atoms with van der Waals surface area (Å²) in [6.45, 7) is 0. The van der Waals surface area contributed by atoms with Gasteiger partial charge in [0.25, 0.3) is 0 Å². The van der Waals surface area contributed by atoms with Crippen molar-refractivity contribution < 1.29 is 0 Å². The van der Waals surface area contributed by atoms with Crippen LogP contribution in [0.1, 0.15) is 0 Å². The SMILES string of the molecule is Nc1ccccc1Sc1ccc2[nH]c(=S)[nH]c2c1. The molecule has 0 aliphatic heterocycles. The quantitative estimate of drug-likeness (QED) is 0.489. The van der Waals surface area contributed by atoms with Gasteiger partial charge < -0.3 is 15.7 Å². The Kier molecular flexibility index (Phi) is 2.85. The van der Waals surface area contributed by atoms with Crippen molar-refractivity contribution in [2.75, 3.05) is 5.73 Å². The molecule has 0 fully saturated rings. The number of rotatable bonds is 2. The lowest BCUT2D eigenvalue weighted by molar-refractivity contribution is 1.30. The summed E-state index contributed by atoms with van der Waals surface area (Å²) in [5, 5.41) is 0. The molecule has 0 unspecified atom stereocenters. The molecule has 0 spiro atoms. The van der Waals surface area contributed by atoms with Gasteiger partial charge in [-0.25, -0.2) is 0 Å². The molecule has 0 bridgehead atoms. The summed E-state index contributed by atoms with van der Waals surface area (Å²) in [6, 6.07) is 14.0. The zero-order valence-corrected chi connectivity index (χ0v) is 11.1. The summed E-state index contributed by atoms with van der Waals surface area (Å²) in [7, 11) is 0. The normalized spacial score (nSPS) is 10.9. The number of para-hydroxylation sites is 1. The Bertz CT molecular complexity index is 758. The number of hydrogen-bond acceptors (Lipinski definition) is 3. The van der Waals surface area contributed by atoms with Gasteiger partial charge in [0.05, 0.1) is 11.0 Å². The van der Waals surface area contributed by atoms with E-state index in [-0.39, 0.29) is 0 Å². The number of H-pyrrole nitrogens is 2. The van der Waals surface area contributed by atoms with Gasteiger partial charge in [-0.1, -0.05) is 23.9 Å². The minimum Gasteiger partial charge on any atom is -0.398 e. The Hall–Kier alpha value is -1.72. The zero-order chi connectivity index (χ0) is 12.5. The first-order chi connectivity index (χ1) is 8.72. The number of aromatic amines is 2. The molecule has 2 aromatic carbocycles. The maximum atomic E-state index is 5.93. The summed E-state index contributed by atoms with van der Waals surface area (Å²) in [5.41, 5.74) is 8.76. The standard InChI is InChI=1S/C13H11N3S2/c14-9-3-1-2-4-12(9)18-8-5-6-10-11(7-8)16-13(17)15-10/h1-7H,14H2,(H2,15,16,17). The molecule has 0 saturated heterocycles. The highest BCUT2D eigenvalue weighted by molar-refractivity contribution is 7.99. The van der Waals surface area contributed by atoms with E-state index in [1.807, 2.05) is 30.3 Å². The molecule has 3 rings (SSSR count). The molecule has 3 nitrogen and oxygen atoms in total. The van der Waals surface area contributed by atoms with E-state index < -0.39 is 0 Å². The van der Waals surface area contributed by atoms with Crippen molar-refractivity contribution in [3.63, 3.8) is 0 Å². The number of anilines is 1. The molecule has 0 radical (unpaired) electrons. The van der Waals surface area contributed by atoms with Crippen LogP contribution >= 0.6 is 24.0 Å². The first-order valence-electron chi connectivity index (χ1n) is 5.47. The molecular formula is C13H11N3S2. The summed E-state index contributed by atoms with van der Waals surface area (Å²) < 4.78 is 0.645. The fourth-order valence-corrected chi connectivity index (χ4v) is 2.89. The second-order valence-corrected chi connectivity index (χ2v) is 5.45. The molecular weight excluding hydrogens is 262 g/mol. The van der Waals surface area contributed by atoms with E-state index >= 15 is 0 Å². The minimum absolute atomic E-state index is 0.645. The fraction of sp³-hybridized carbons (Fsp3) is 0. The summed E-state index contributed by atoms with van der Waals surface area (Å²) in [6.07, 6.45) is 0. The van der Waals surface area contributed by atoms with Gasteiger partial charge >= 0.3 is 0 Å². The van der Waals surface area contributed by atoms with Crippen LogP contribution in [0.15, 0.2) is 52.3 Å². The average molecular weight is 273 g/mol. The van der Waals surface area contributed by atoms with Crippen LogP contribution < -0.4 is 5.73 Å². The number of imidazole rings is 1. The third kappa shape index (κ3) is 2.14. The van der Waals surface area contributed by atoms with E-state index in [2.05, 4.69) is 22.1 Å². The number of hydrogen-bond donors (Lipinski definition) is 3. The minimum atomic E-state index is 0.645. The lowest BCUT2D eigenvalue weighted by Crippen LogP contribution is -1.86. The van der Waals surface area contributed by atoms with Gasteiger partial charge in [0.15, 0.2) is 4.77 Å². The van der Waals surface area contributed by atoms with Gasteiger partial charge in [-0.05, 0) is 42.5 Å². The fourth-order valence-electron chi connectivity index (χ4n) is 1.78. The van der Waals surface area contributed by atoms with Crippen molar-refractivity contribution in [1.29, 1.82) is 0 Å². The number of nitrogens with two attached hydrogens (primary N) is 1. The van der Waals surface area contributed by atoms with Gasteiger partial charge in [-0.3, -0.25) is 0 Å². The van der Waals surface area contributed by atoms with E-state index in [0.717, 1.165) is 26.5 Å². The molecule has 1 aromatic heterocycles. The third-order valence-corrected chi connectivity index (χ3v) is 3.92. The molecule has 1 heterocycles. The zero-order valence-electron chi connectivity index (χ0n) is 9.44. The van der Waals surface area contributed by atoms with Crippen molar-refractivity contribution in [1.82, 2.24) is 9.97 Å². The van der Waals surface area contributed by atoms with Crippen LogP contribution in [0.3, 0.4) is 0 Å². The second-order valence-electron chi connectivity index (χ2n) is 3.93. The predicted molar refractivity (Wildman–Crippen MR) is 78.5 cm³/mol. The van der Waals surface area contributed by atoms with E-state index in [9.17, 15) is 0 Å². The second kappa shape index (κ2) is 4.51. The van der Waals surface area contributed by atoms with E-state index in [1.54, 1.807) is 11.8 Å². The van der Waals surface area contributed by atoms with E-state index in [1.165, 1.54) is 0 Å². The Morgan fingerprint density at radius 3 is 2.61 bits per heavy atom.